The van der Waals surface area contributed by atoms with Crippen LogP contribution in [-0.4, -0.2) is 5.11 Å². The molecule has 1 aromatic carbocycles. The molecule has 0 aliphatic heterocycles. The summed E-state index contributed by atoms with van der Waals surface area (Å²) in [5.41, 5.74) is 5.43. The predicted octanol–water partition coefficient (Wildman–Crippen LogP) is 2.77. The van der Waals surface area contributed by atoms with Crippen LogP contribution in [-0.2, 0) is 0 Å². The molecule has 0 radical (unpaired) electrons. The van der Waals surface area contributed by atoms with Crippen molar-refractivity contribution in [3.05, 3.63) is 21.4 Å². The van der Waals surface area contributed by atoms with Gasteiger partial charge in [-0.05, 0) is 0 Å². The van der Waals surface area contributed by atoms with Crippen LogP contribution in [0.2, 0.25) is 10.0 Å². The van der Waals surface area contributed by atoms with E-state index in [1.54, 1.807) is 12.1 Å². The second-order valence-corrected chi connectivity index (χ2v) is 3.88. The Morgan fingerprint density at radius 1 is 1.18 bits per heavy atom. The molecule has 3 N–H and O–H groups in total. The molecule has 0 fully saturated rings. The number of furan rings is 1. The van der Waals surface area contributed by atoms with Crippen molar-refractivity contribution in [2.24, 2.45) is 0 Å². The van der Waals surface area contributed by atoms with Gasteiger partial charge in [0.25, 0.3) is 0 Å². The lowest BCUT2D eigenvalue weighted by Crippen LogP contribution is -1.89. The number of nitrogens with zero attached hydrogens (tertiary/aromatic N) is 2. The van der Waals surface area contributed by atoms with E-state index in [-0.39, 0.29) is 38.0 Å². The number of nitriles is 2. The van der Waals surface area contributed by atoms with E-state index in [1.807, 2.05) is 0 Å². The van der Waals surface area contributed by atoms with Gasteiger partial charge in [-0.3, -0.25) is 0 Å². The highest BCUT2D eigenvalue weighted by molar-refractivity contribution is 6.46. The number of rotatable bonds is 0. The fourth-order valence-corrected chi connectivity index (χ4v) is 1.87. The van der Waals surface area contributed by atoms with Gasteiger partial charge in [0, 0.05) is 0 Å². The van der Waals surface area contributed by atoms with Crippen LogP contribution in [0.25, 0.3) is 11.0 Å². The molecule has 0 bridgehead atoms. The second kappa shape index (κ2) is 3.74. The number of aromatic hydroxyl groups is 1. The number of benzene rings is 1. The van der Waals surface area contributed by atoms with E-state index in [9.17, 15) is 5.11 Å². The van der Waals surface area contributed by atoms with Gasteiger partial charge in [0.2, 0.25) is 5.76 Å². The maximum atomic E-state index is 9.66. The fraction of sp³-hybridized carbons (Fsp3) is 0. The average Bonchev–Trinajstić information content (AvgIpc) is 2.65. The highest BCUT2D eigenvalue weighted by atomic mass is 35.5. The van der Waals surface area contributed by atoms with Crippen LogP contribution in [0.15, 0.2) is 4.42 Å². The van der Waals surface area contributed by atoms with Crippen molar-refractivity contribution in [1.29, 1.82) is 10.5 Å². The second-order valence-electron chi connectivity index (χ2n) is 3.12. The summed E-state index contributed by atoms with van der Waals surface area (Å²) in [5, 5.41) is 27.2. The Labute approximate surface area is 105 Å². The molecule has 0 unspecified atom stereocenters. The molecule has 2 rings (SSSR count). The number of phenols is 1. The Bertz CT molecular complexity index is 722. The molecule has 84 valence electrons. The highest BCUT2D eigenvalue weighted by Gasteiger charge is 2.24. The molecule has 1 aromatic heterocycles. The van der Waals surface area contributed by atoms with E-state index < -0.39 is 5.75 Å². The van der Waals surface area contributed by atoms with Crippen molar-refractivity contribution in [3.8, 4) is 17.9 Å². The van der Waals surface area contributed by atoms with E-state index in [0.29, 0.717) is 0 Å². The minimum atomic E-state index is -0.483. The molecule has 0 aliphatic rings. The highest BCUT2D eigenvalue weighted by Crippen LogP contribution is 2.45. The lowest BCUT2D eigenvalue weighted by atomic mass is 10.1. The van der Waals surface area contributed by atoms with Crippen LogP contribution in [0.5, 0.6) is 5.75 Å². The number of nitrogens with two attached hydrogens (primary N) is 1. The molecule has 0 spiro atoms. The van der Waals surface area contributed by atoms with Crippen LogP contribution < -0.4 is 5.73 Å². The molecule has 0 amide bonds. The predicted molar refractivity (Wildman–Crippen MR) is 61.7 cm³/mol. The van der Waals surface area contributed by atoms with E-state index in [2.05, 4.69) is 0 Å². The van der Waals surface area contributed by atoms with Gasteiger partial charge in [0.1, 0.15) is 27.7 Å². The quantitative estimate of drug-likeness (QED) is 0.763. The average molecular weight is 268 g/mol. The molecular weight excluding hydrogens is 265 g/mol. The van der Waals surface area contributed by atoms with Crippen molar-refractivity contribution in [2.75, 3.05) is 5.73 Å². The standard InChI is InChI=1S/C10H3Cl2N3O2/c11-6-7(12)10-5(3(1-13)9(6)16)8(15)4(2-14)17-10/h16H,15H2. The maximum Gasteiger partial charge on any atom is 0.227 e. The first-order valence-corrected chi connectivity index (χ1v) is 5.00. The molecule has 0 aliphatic carbocycles. The van der Waals surface area contributed by atoms with E-state index in [4.69, 9.17) is 43.9 Å². The molecule has 0 saturated carbocycles. The topological polar surface area (TPSA) is 107 Å². The number of hydrogen-bond acceptors (Lipinski definition) is 5. The third-order valence-electron chi connectivity index (χ3n) is 2.25. The van der Waals surface area contributed by atoms with Crippen LogP contribution in [0, 0.1) is 22.7 Å². The van der Waals surface area contributed by atoms with Crippen molar-refractivity contribution in [3.63, 3.8) is 0 Å². The van der Waals surface area contributed by atoms with Gasteiger partial charge in [-0.1, -0.05) is 23.2 Å². The normalized spacial score (nSPS) is 10.1. The first kappa shape index (κ1) is 11.4. The van der Waals surface area contributed by atoms with Gasteiger partial charge in [0.15, 0.2) is 11.3 Å². The molecule has 5 nitrogen and oxygen atoms in total. The molecule has 1 heterocycles. The van der Waals surface area contributed by atoms with Crippen molar-refractivity contribution in [1.82, 2.24) is 0 Å². The number of fused-ring (bicyclic) bond motifs is 1. The van der Waals surface area contributed by atoms with Crippen molar-refractivity contribution < 1.29 is 9.52 Å². The Morgan fingerprint density at radius 3 is 2.35 bits per heavy atom. The fourth-order valence-electron chi connectivity index (χ4n) is 1.47. The summed E-state index contributed by atoms with van der Waals surface area (Å²) < 4.78 is 5.09. The first-order chi connectivity index (χ1) is 8.02. The smallest absolute Gasteiger partial charge is 0.227 e. The summed E-state index contributed by atoms with van der Waals surface area (Å²) in [5.74, 6) is -0.663. The van der Waals surface area contributed by atoms with Crippen LogP contribution in [0.4, 0.5) is 5.69 Å². The Balaban J connectivity index is 3.13. The minimum absolute atomic E-state index is 0.0140. The summed E-state index contributed by atoms with van der Waals surface area (Å²) in [7, 11) is 0. The molecule has 2 aromatic rings. The SMILES string of the molecule is N#Cc1oc2c(Cl)c(Cl)c(O)c(C#N)c2c1N. The molecular formula is C10H3Cl2N3O2. The molecule has 7 heteroatoms. The summed E-state index contributed by atoms with van der Waals surface area (Å²) in [6, 6.07) is 3.46. The van der Waals surface area contributed by atoms with Gasteiger partial charge < -0.3 is 15.3 Å². The lowest BCUT2D eigenvalue weighted by Gasteiger charge is -2.03. The van der Waals surface area contributed by atoms with E-state index in [1.165, 1.54) is 0 Å². The summed E-state index contributed by atoms with van der Waals surface area (Å²) in [4.78, 5) is 0. The number of nitrogen functional groups attached to an aromatic ring is 1. The van der Waals surface area contributed by atoms with Crippen LogP contribution >= 0.6 is 23.2 Å². The van der Waals surface area contributed by atoms with E-state index >= 15 is 0 Å². The Morgan fingerprint density at radius 2 is 1.82 bits per heavy atom. The van der Waals surface area contributed by atoms with Crippen molar-refractivity contribution in [2.45, 2.75) is 0 Å². The first-order valence-electron chi connectivity index (χ1n) is 4.25. The third-order valence-corrected chi connectivity index (χ3v) is 3.07. The number of anilines is 1. The zero-order chi connectivity index (χ0) is 12.7. The van der Waals surface area contributed by atoms with E-state index in [0.717, 1.165) is 0 Å². The molecule has 0 atom stereocenters. The zero-order valence-corrected chi connectivity index (χ0v) is 9.60. The molecule has 0 saturated heterocycles. The Hall–Kier alpha value is -2.08. The lowest BCUT2D eigenvalue weighted by molar-refractivity contribution is 0.474. The largest absolute Gasteiger partial charge is 0.505 e. The van der Waals surface area contributed by atoms with Gasteiger partial charge >= 0.3 is 0 Å². The number of halogens is 2. The monoisotopic (exact) mass is 267 g/mol. The summed E-state index contributed by atoms with van der Waals surface area (Å²) in [6.45, 7) is 0. The van der Waals surface area contributed by atoms with Gasteiger partial charge in [-0.15, -0.1) is 0 Å². The van der Waals surface area contributed by atoms with Gasteiger partial charge in [0.05, 0.1) is 11.1 Å². The Kier molecular flexibility index (Phi) is 2.51. The van der Waals surface area contributed by atoms with Gasteiger partial charge in [-0.2, -0.15) is 10.5 Å². The minimum Gasteiger partial charge on any atom is -0.505 e. The number of hydrogen-bond donors (Lipinski definition) is 2. The third kappa shape index (κ3) is 1.38. The van der Waals surface area contributed by atoms with Crippen LogP contribution in [0.3, 0.4) is 0 Å². The van der Waals surface area contributed by atoms with Crippen LogP contribution in [0.1, 0.15) is 11.3 Å². The maximum absolute atomic E-state index is 9.66. The summed E-state index contributed by atoms with van der Waals surface area (Å²) >= 11 is 11.6. The summed E-state index contributed by atoms with van der Waals surface area (Å²) in [6.07, 6.45) is 0. The zero-order valence-electron chi connectivity index (χ0n) is 8.08. The van der Waals surface area contributed by atoms with Crippen molar-refractivity contribution >= 4 is 39.9 Å². The molecule has 17 heavy (non-hydrogen) atoms. The van der Waals surface area contributed by atoms with Gasteiger partial charge in [-0.25, -0.2) is 0 Å². The number of phenolic OH excluding ortho intramolecular Hbond substituents is 1.